The molecular weight excluding hydrogens is 228 g/mol. The highest BCUT2D eigenvalue weighted by Crippen LogP contribution is 2.13. The highest BCUT2D eigenvalue weighted by Gasteiger charge is 2.20. The first-order chi connectivity index (χ1) is 8.79. The maximum atomic E-state index is 11.6. The van der Waals surface area contributed by atoms with Crippen molar-refractivity contribution >= 4 is 5.91 Å². The van der Waals surface area contributed by atoms with Crippen molar-refractivity contribution in [1.29, 1.82) is 0 Å². The first-order valence-corrected chi connectivity index (χ1v) is 6.52. The van der Waals surface area contributed by atoms with E-state index >= 15 is 0 Å². The summed E-state index contributed by atoms with van der Waals surface area (Å²) in [5, 5.41) is 6.16. The van der Waals surface area contributed by atoms with Crippen molar-refractivity contribution in [2.45, 2.75) is 32.4 Å². The number of hydrogen-bond acceptors (Lipinski definition) is 3. The normalized spacial score (nSPS) is 19.4. The Morgan fingerprint density at radius 2 is 2.39 bits per heavy atom. The molecule has 1 aliphatic heterocycles. The van der Waals surface area contributed by atoms with Gasteiger partial charge in [-0.2, -0.15) is 0 Å². The van der Waals surface area contributed by atoms with E-state index in [0.717, 1.165) is 30.7 Å². The standard InChI is InChI=1S/C14H20N2O2/c1-2-18-12-6-3-5-11(9-12)10-16-13-7-4-8-15-14(13)17/h3,5-6,9,13,16H,2,4,7-8,10H2,1H3,(H,15,17). The second kappa shape index (κ2) is 6.40. The van der Waals surface area contributed by atoms with Crippen molar-refractivity contribution in [3.63, 3.8) is 0 Å². The Hall–Kier alpha value is -1.55. The lowest BCUT2D eigenvalue weighted by atomic mass is 10.1. The van der Waals surface area contributed by atoms with Crippen LogP contribution in [0.15, 0.2) is 24.3 Å². The zero-order valence-corrected chi connectivity index (χ0v) is 10.7. The molecule has 1 unspecified atom stereocenters. The van der Waals surface area contributed by atoms with Gasteiger partial charge in [0.1, 0.15) is 5.75 Å². The van der Waals surface area contributed by atoms with Gasteiger partial charge in [-0.3, -0.25) is 4.79 Å². The third kappa shape index (κ3) is 3.47. The van der Waals surface area contributed by atoms with Crippen molar-refractivity contribution in [3.8, 4) is 5.75 Å². The van der Waals surface area contributed by atoms with E-state index < -0.39 is 0 Å². The molecule has 98 valence electrons. The van der Waals surface area contributed by atoms with Crippen molar-refractivity contribution in [3.05, 3.63) is 29.8 Å². The zero-order chi connectivity index (χ0) is 12.8. The molecule has 1 saturated heterocycles. The molecule has 0 radical (unpaired) electrons. The van der Waals surface area contributed by atoms with Crippen molar-refractivity contribution < 1.29 is 9.53 Å². The molecule has 2 rings (SSSR count). The smallest absolute Gasteiger partial charge is 0.237 e. The highest BCUT2D eigenvalue weighted by atomic mass is 16.5. The van der Waals surface area contributed by atoms with Crippen LogP contribution < -0.4 is 15.4 Å². The largest absolute Gasteiger partial charge is 0.494 e. The van der Waals surface area contributed by atoms with Crippen LogP contribution in [0.4, 0.5) is 0 Å². The van der Waals surface area contributed by atoms with Crippen LogP contribution in [-0.4, -0.2) is 25.1 Å². The molecule has 4 heteroatoms. The fourth-order valence-electron chi connectivity index (χ4n) is 2.12. The van der Waals surface area contributed by atoms with Crippen LogP contribution in [0.1, 0.15) is 25.3 Å². The Bertz CT molecular complexity index is 407. The predicted molar refractivity (Wildman–Crippen MR) is 70.5 cm³/mol. The molecule has 0 aliphatic carbocycles. The van der Waals surface area contributed by atoms with E-state index in [9.17, 15) is 4.79 Å². The molecule has 18 heavy (non-hydrogen) atoms. The number of nitrogens with one attached hydrogen (secondary N) is 2. The van der Waals surface area contributed by atoms with Crippen LogP contribution in [0.5, 0.6) is 5.75 Å². The topological polar surface area (TPSA) is 50.4 Å². The number of carbonyl (C=O) groups is 1. The number of ether oxygens (including phenoxy) is 1. The number of rotatable bonds is 5. The van der Waals surface area contributed by atoms with Gasteiger partial charge in [0.25, 0.3) is 0 Å². The summed E-state index contributed by atoms with van der Waals surface area (Å²) < 4.78 is 5.45. The van der Waals surface area contributed by atoms with Gasteiger partial charge in [-0.1, -0.05) is 12.1 Å². The maximum Gasteiger partial charge on any atom is 0.237 e. The van der Waals surface area contributed by atoms with Gasteiger partial charge in [0.05, 0.1) is 12.6 Å². The lowest BCUT2D eigenvalue weighted by Gasteiger charge is -2.22. The van der Waals surface area contributed by atoms with E-state index in [-0.39, 0.29) is 11.9 Å². The molecule has 2 N–H and O–H groups in total. The minimum absolute atomic E-state index is 0.0606. The summed E-state index contributed by atoms with van der Waals surface area (Å²) in [5.41, 5.74) is 1.14. The lowest BCUT2D eigenvalue weighted by Crippen LogP contribution is -2.47. The molecule has 0 saturated carbocycles. The molecule has 0 aromatic heterocycles. The monoisotopic (exact) mass is 248 g/mol. The summed E-state index contributed by atoms with van der Waals surface area (Å²) in [6.45, 7) is 4.13. The molecule has 1 aliphatic rings. The van der Waals surface area contributed by atoms with Gasteiger partial charge in [0.2, 0.25) is 5.91 Å². The fourth-order valence-corrected chi connectivity index (χ4v) is 2.12. The highest BCUT2D eigenvalue weighted by molar-refractivity contribution is 5.82. The summed E-state index contributed by atoms with van der Waals surface area (Å²) in [6, 6.07) is 7.91. The molecule has 1 fully saturated rings. The summed E-state index contributed by atoms with van der Waals surface area (Å²) in [4.78, 5) is 11.6. The number of amides is 1. The SMILES string of the molecule is CCOc1cccc(CNC2CCCNC2=O)c1. The second-order valence-electron chi connectivity index (χ2n) is 4.45. The Kier molecular flexibility index (Phi) is 4.59. The van der Waals surface area contributed by atoms with E-state index in [0.29, 0.717) is 13.2 Å². The molecular formula is C14H20N2O2. The van der Waals surface area contributed by atoms with Gasteiger partial charge >= 0.3 is 0 Å². The minimum Gasteiger partial charge on any atom is -0.494 e. The molecule has 1 heterocycles. The van der Waals surface area contributed by atoms with E-state index in [2.05, 4.69) is 10.6 Å². The zero-order valence-electron chi connectivity index (χ0n) is 10.7. The van der Waals surface area contributed by atoms with Crippen LogP contribution >= 0.6 is 0 Å². The molecule has 1 atom stereocenters. The molecule has 0 spiro atoms. The maximum absolute atomic E-state index is 11.6. The number of piperidine rings is 1. The summed E-state index contributed by atoms with van der Waals surface area (Å²) in [6.07, 6.45) is 1.96. The number of benzene rings is 1. The van der Waals surface area contributed by atoms with Crippen LogP contribution in [0.3, 0.4) is 0 Å². The molecule has 1 aromatic rings. The quantitative estimate of drug-likeness (QED) is 0.829. The van der Waals surface area contributed by atoms with E-state index in [1.807, 2.05) is 31.2 Å². The average Bonchev–Trinajstić information content (AvgIpc) is 2.39. The minimum atomic E-state index is -0.0606. The van der Waals surface area contributed by atoms with Crippen LogP contribution in [0, 0.1) is 0 Å². The van der Waals surface area contributed by atoms with Gasteiger partial charge in [0.15, 0.2) is 0 Å². The molecule has 4 nitrogen and oxygen atoms in total. The van der Waals surface area contributed by atoms with E-state index in [1.165, 1.54) is 0 Å². The Balaban J connectivity index is 1.89. The summed E-state index contributed by atoms with van der Waals surface area (Å²) >= 11 is 0. The van der Waals surface area contributed by atoms with Crippen LogP contribution in [0.2, 0.25) is 0 Å². The van der Waals surface area contributed by atoms with Crippen molar-refractivity contribution in [2.24, 2.45) is 0 Å². The van der Waals surface area contributed by atoms with Gasteiger partial charge < -0.3 is 15.4 Å². The van der Waals surface area contributed by atoms with Crippen LogP contribution in [-0.2, 0) is 11.3 Å². The third-order valence-corrected chi connectivity index (χ3v) is 3.05. The van der Waals surface area contributed by atoms with Gasteiger partial charge in [0, 0.05) is 13.1 Å². The number of carbonyl (C=O) groups excluding carboxylic acids is 1. The molecule has 1 aromatic carbocycles. The Labute approximate surface area is 108 Å². The third-order valence-electron chi connectivity index (χ3n) is 3.05. The van der Waals surface area contributed by atoms with E-state index in [4.69, 9.17) is 4.74 Å². The molecule has 0 bridgehead atoms. The molecule has 1 amide bonds. The second-order valence-corrected chi connectivity index (χ2v) is 4.45. The van der Waals surface area contributed by atoms with E-state index in [1.54, 1.807) is 0 Å². The van der Waals surface area contributed by atoms with Gasteiger partial charge in [-0.25, -0.2) is 0 Å². The first kappa shape index (κ1) is 12.9. The van der Waals surface area contributed by atoms with Gasteiger partial charge in [-0.05, 0) is 37.5 Å². The Morgan fingerprint density at radius 1 is 1.50 bits per heavy atom. The predicted octanol–water partition coefficient (Wildman–Crippen LogP) is 1.45. The lowest BCUT2D eigenvalue weighted by molar-refractivity contribution is -0.124. The van der Waals surface area contributed by atoms with Crippen LogP contribution in [0.25, 0.3) is 0 Å². The van der Waals surface area contributed by atoms with Crippen molar-refractivity contribution in [1.82, 2.24) is 10.6 Å². The van der Waals surface area contributed by atoms with Gasteiger partial charge in [-0.15, -0.1) is 0 Å². The average molecular weight is 248 g/mol. The van der Waals surface area contributed by atoms with Crippen molar-refractivity contribution in [2.75, 3.05) is 13.2 Å². The summed E-state index contributed by atoms with van der Waals surface area (Å²) in [5.74, 6) is 0.993. The fraction of sp³-hybridized carbons (Fsp3) is 0.500. The first-order valence-electron chi connectivity index (χ1n) is 6.52. The summed E-state index contributed by atoms with van der Waals surface area (Å²) in [7, 11) is 0. The Morgan fingerprint density at radius 3 is 3.17 bits per heavy atom. The number of hydrogen-bond donors (Lipinski definition) is 2.